The summed E-state index contributed by atoms with van der Waals surface area (Å²) < 4.78 is 1.57. The van der Waals surface area contributed by atoms with Crippen LogP contribution in [0.2, 0.25) is 0 Å². The minimum absolute atomic E-state index is 0.237. The van der Waals surface area contributed by atoms with Crippen LogP contribution in [0.1, 0.15) is 10.5 Å². The van der Waals surface area contributed by atoms with Gasteiger partial charge in [-0.05, 0) is 22.6 Å². The molecule has 2 aromatic heterocycles. The molecule has 0 aliphatic rings. The fourth-order valence-corrected chi connectivity index (χ4v) is 2.26. The van der Waals surface area contributed by atoms with E-state index in [9.17, 15) is 4.79 Å². The molecule has 3 rings (SSSR count). The number of carbonyl (C=O) groups excluding carboxylic acids is 1. The number of nitrogens with one attached hydrogen (secondary N) is 1. The molecule has 2 heterocycles. The maximum absolute atomic E-state index is 11.9. The van der Waals surface area contributed by atoms with Crippen LogP contribution >= 0.6 is 11.3 Å². The fraction of sp³-hybridized carbons (Fsp3) is 0.0833. The number of hydrogen-bond donors (Lipinski definition) is 1. The summed E-state index contributed by atoms with van der Waals surface area (Å²) in [5.41, 5.74) is 3.52. The van der Waals surface area contributed by atoms with Gasteiger partial charge in [0.25, 0.3) is 5.91 Å². The number of carbonyl (C=O) groups is 1. The van der Waals surface area contributed by atoms with Crippen LogP contribution in [0, 0.1) is 0 Å². The topological polar surface area (TPSA) is 85.6 Å². The van der Waals surface area contributed by atoms with Crippen LogP contribution in [0.15, 0.2) is 35.2 Å². The van der Waals surface area contributed by atoms with Gasteiger partial charge in [-0.25, -0.2) is 9.67 Å². The minimum atomic E-state index is -0.237. The van der Waals surface area contributed by atoms with Gasteiger partial charge in [0.05, 0.1) is 5.51 Å². The highest BCUT2D eigenvalue weighted by Gasteiger charge is 2.10. The van der Waals surface area contributed by atoms with E-state index >= 15 is 0 Å². The summed E-state index contributed by atoms with van der Waals surface area (Å²) in [5, 5.41) is 15.8. The Morgan fingerprint density at radius 2 is 2.30 bits per heavy atom. The Morgan fingerprint density at radius 3 is 3.00 bits per heavy atom. The van der Waals surface area contributed by atoms with Gasteiger partial charge in [0.2, 0.25) is 0 Å². The molecule has 3 aromatic rings. The molecule has 0 saturated heterocycles. The van der Waals surface area contributed by atoms with Crippen LogP contribution in [-0.4, -0.2) is 31.1 Å². The molecule has 0 fully saturated rings. The number of hydrogen-bond acceptors (Lipinski definition) is 6. The zero-order chi connectivity index (χ0) is 13.9. The molecule has 0 unspecified atom stereocenters. The van der Waals surface area contributed by atoms with E-state index in [-0.39, 0.29) is 5.91 Å². The number of nitrogens with zero attached hydrogens (tertiary/aromatic N) is 5. The molecular weight excluding hydrogens is 276 g/mol. The molecule has 100 valence electrons. The lowest BCUT2D eigenvalue weighted by atomic mass is 10.2. The number of rotatable bonds is 3. The summed E-state index contributed by atoms with van der Waals surface area (Å²) in [7, 11) is 1.76. The Hall–Kier alpha value is -2.61. The second kappa shape index (κ2) is 5.17. The molecule has 0 aliphatic heterocycles. The van der Waals surface area contributed by atoms with Crippen LogP contribution in [0.25, 0.3) is 11.4 Å². The Bertz CT molecular complexity index is 736. The van der Waals surface area contributed by atoms with E-state index in [0.29, 0.717) is 17.2 Å². The molecule has 1 N–H and O–H groups in total. The normalized spacial score (nSPS) is 10.4. The maximum atomic E-state index is 11.9. The van der Waals surface area contributed by atoms with Crippen molar-refractivity contribution in [3.63, 3.8) is 0 Å². The van der Waals surface area contributed by atoms with Crippen molar-refractivity contribution >= 4 is 22.9 Å². The maximum Gasteiger partial charge on any atom is 0.275 e. The van der Waals surface area contributed by atoms with Gasteiger partial charge in [-0.15, -0.1) is 16.4 Å². The molecule has 7 nitrogen and oxygen atoms in total. The second-order valence-corrected chi connectivity index (χ2v) is 4.75. The van der Waals surface area contributed by atoms with E-state index in [2.05, 4.69) is 25.8 Å². The van der Waals surface area contributed by atoms with Gasteiger partial charge in [0, 0.05) is 23.7 Å². The summed E-state index contributed by atoms with van der Waals surface area (Å²) in [6, 6.07) is 7.33. The van der Waals surface area contributed by atoms with Crippen molar-refractivity contribution in [1.82, 2.24) is 25.2 Å². The van der Waals surface area contributed by atoms with Crippen molar-refractivity contribution in [3.05, 3.63) is 40.8 Å². The Kier molecular flexibility index (Phi) is 3.21. The van der Waals surface area contributed by atoms with E-state index in [1.807, 2.05) is 18.2 Å². The van der Waals surface area contributed by atoms with Crippen molar-refractivity contribution in [2.75, 3.05) is 5.32 Å². The molecule has 1 amide bonds. The van der Waals surface area contributed by atoms with Crippen molar-refractivity contribution < 1.29 is 4.79 Å². The first-order valence-corrected chi connectivity index (χ1v) is 6.70. The fourth-order valence-electron chi connectivity index (χ4n) is 1.73. The Labute approximate surface area is 118 Å². The van der Waals surface area contributed by atoms with Gasteiger partial charge in [0.1, 0.15) is 5.69 Å². The molecule has 0 saturated carbocycles. The Balaban J connectivity index is 1.85. The highest BCUT2D eigenvalue weighted by atomic mass is 32.1. The molecule has 0 spiro atoms. The van der Waals surface area contributed by atoms with E-state index in [0.717, 1.165) is 5.56 Å². The van der Waals surface area contributed by atoms with E-state index in [1.54, 1.807) is 28.7 Å². The number of anilines is 1. The summed E-state index contributed by atoms with van der Waals surface area (Å²) in [6.45, 7) is 0. The molecule has 0 atom stereocenters. The molecule has 1 aromatic carbocycles. The SMILES string of the molecule is Cn1nnnc1-c1cccc(NC(=O)c2cscn2)c1. The number of thiazole rings is 1. The predicted octanol–water partition coefficient (Wildman–Crippen LogP) is 1.59. The van der Waals surface area contributed by atoms with Crippen LogP contribution in [-0.2, 0) is 7.05 Å². The highest BCUT2D eigenvalue weighted by molar-refractivity contribution is 7.07. The monoisotopic (exact) mass is 286 g/mol. The first-order chi connectivity index (χ1) is 9.74. The van der Waals surface area contributed by atoms with Crippen molar-refractivity contribution in [2.24, 2.45) is 7.05 Å². The lowest BCUT2D eigenvalue weighted by Crippen LogP contribution is -2.12. The van der Waals surface area contributed by atoms with E-state index in [4.69, 9.17) is 0 Å². The van der Waals surface area contributed by atoms with E-state index in [1.165, 1.54) is 11.3 Å². The molecule has 8 heteroatoms. The second-order valence-electron chi connectivity index (χ2n) is 4.03. The van der Waals surface area contributed by atoms with Crippen molar-refractivity contribution in [1.29, 1.82) is 0 Å². The molecular formula is C12H10N6OS. The smallest absolute Gasteiger partial charge is 0.275 e. The predicted molar refractivity (Wildman–Crippen MR) is 74.3 cm³/mol. The quantitative estimate of drug-likeness (QED) is 0.790. The van der Waals surface area contributed by atoms with Gasteiger partial charge in [-0.1, -0.05) is 12.1 Å². The molecule has 0 bridgehead atoms. The van der Waals surface area contributed by atoms with Gasteiger partial charge in [0.15, 0.2) is 5.82 Å². The molecule has 20 heavy (non-hydrogen) atoms. The number of amides is 1. The number of tetrazole rings is 1. The zero-order valence-electron chi connectivity index (χ0n) is 10.5. The lowest BCUT2D eigenvalue weighted by molar-refractivity contribution is 0.102. The Morgan fingerprint density at radius 1 is 1.40 bits per heavy atom. The average Bonchev–Trinajstić information content (AvgIpc) is 3.10. The van der Waals surface area contributed by atoms with Gasteiger partial charge >= 0.3 is 0 Å². The summed E-state index contributed by atoms with van der Waals surface area (Å²) >= 11 is 1.38. The van der Waals surface area contributed by atoms with Crippen molar-refractivity contribution in [2.45, 2.75) is 0 Å². The molecule has 0 aliphatic carbocycles. The zero-order valence-corrected chi connectivity index (χ0v) is 11.3. The first kappa shape index (κ1) is 12.4. The number of aromatic nitrogens is 5. The largest absolute Gasteiger partial charge is 0.321 e. The summed E-state index contributed by atoms with van der Waals surface area (Å²) in [5.74, 6) is 0.397. The lowest BCUT2D eigenvalue weighted by Gasteiger charge is -2.05. The third kappa shape index (κ3) is 2.41. The molecule has 0 radical (unpaired) electrons. The third-order valence-electron chi connectivity index (χ3n) is 2.66. The van der Waals surface area contributed by atoms with Crippen LogP contribution in [0.3, 0.4) is 0 Å². The van der Waals surface area contributed by atoms with Gasteiger partial charge in [-0.2, -0.15) is 0 Å². The summed E-state index contributed by atoms with van der Waals surface area (Å²) in [6.07, 6.45) is 0. The van der Waals surface area contributed by atoms with Crippen LogP contribution in [0.4, 0.5) is 5.69 Å². The van der Waals surface area contributed by atoms with Gasteiger partial charge in [-0.3, -0.25) is 4.79 Å². The van der Waals surface area contributed by atoms with Crippen molar-refractivity contribution in [3.8, 4) is 11.4 Å². The van der Waals surface area contributed by atoms with Crippen LogP contribution < -0.4 is 5.32 Å². The highest BCUT2D eigenvalue weighted by Crippen LogP contribution is 2.20. The number of benzene rings is 1. The van der Waals surface area contributed by atoms with Gasteiger partial charge < -0.3 is 5.32 Å². The van der Waals surface area contributed by atoms with E-state index < -0.39 is 0 Å². The summed E-state index contributed by atoms with van der Waals surface area (Å²) in [4.78, 5) is 15.9. The first-order valence-electron chi connectivity index (χ1n) is 5.76. The van der Waals surface area contributed by atoms with Crippen LogP contribution in [0.5, 0.6) is 0 Å². The average molecular weight is 286 g/mol. The minimum Gasteiger partial charge on any atom is -0.321 e. The number of aryl methyl sites for hydroxylation is 1. The third-order valence-corrected chi connectivity index (χ3v) is 3.25. The standard InChI is InChI=1S/C12H10N6OS/c1-18-11(15-16-17-18)8-3-2-4-9(5-8)14-12(19)10-6-20-7-13-10/h2-7H,1H3,(H,14,19).